The van der Waals surface area contributed by atoms with Gasteiger partial charge in [0.25, 0.3) is 5.91 Å². The number of hydrogen-bond acceptors (Lipinski definition) is 5. The fourth-order valence-corrected chi connectivity index (χ4v) is 2.15. The van der Waals surface area contributed by atoms with Crippen molar-refractivity contribution in [3.05, 3.63) is 54.1 Å². The van der Waals surface area contributed by atoms with Gasteiger partial charge in [-0.15, -0.1) is 0 Å². The molecule has 3 rings (SSSR count). The third kappa shape index (κ3) is 3.57. The molecule has 0 aliphatic rings. The zero-order valence-electron chi connectivity index (χ0n) is 12.2. The minimum Gasteiger partial charge on any atom is -0.459 e. The molecular weight excluding hydrogens is 298 g/mol. The lowest BCUT2D eigenvalue weighted by molar-refractivity contribution is -0.120. The van der Waals surface area contributed by atoms with E-state index in [2.05, 4.69) is 15.8 Å². The first-order valence-electron chi connectivity index (χ1n) is 7.16. The molecule has 2 N–H and O–H groups in total. The second kappa shape index (κ2) is 6.78. The van der Waals surface area contributed by atoms with Crippen LogP contribution in [0, 0.1) is 0 Å². The van der Waals surface area contributed by atoms with Crippen LogP contribution in [0.25, 0.3) is 11.0 Å². The van der Waals surface area contributed by atoms with Crippen LogP contribution in [0.2, 0.25) is 0 Å². The Morgan fingerprint density at radius 2 is 1.87 bits per heavy atom. The molecule has 0 bridgehead atoms. The van der Waals surface area contributed by atoms with Crippen molar-refractivity contribution in [1.82, 2.24) is 15.8 Å². The van der Waals surface area contributed by atoms with Crippen LogP contribution in [0.5, 0.6) is 0 Å². The Balaban J connectivity index is 1.44. The van der Waals surface area contributed by atoms with Gasteiger partial charge >= 0.3 is 0 Å². The van der Waals surface area contributed by atoms with E-state index in [0.717, 1.165) is 5.39 Å². The van der Waals surface area contributed by atoms with Crippen molar-refractivity contribution in [3.8, 4) is 0 Å². The Labute approximate surface area is 131 Å². The summed E-state index contributed by atoms with van der Waals surface area (Å²) in [7, 11) is 0. The number of nitrogens with zero attached hydrogens (tertiary/aromatic N) is 1. The largest absolute Gasteiger partial charge is 0.459 e. The molecule has 0 unspecified atom stereocenters. The molecule has 1 aromatic carbocycles. The molecule has 0 spiro atoms. The van der Waals surface area contributed by atoms with E-state index in [0.29, 0.717) is 24.4 Å². The summed E-state index contributed by atoms with van der Waals surface area (Å²) in [6.07, 6.45) is 1.56. The molecule has 0 saturated carbocycles. The van der Waals surface area contributed by atoms with Crippen molar-refractivity contribution in [2.75, 3.05) is 13.1 Å². The fourth-order valence-electron chi connectivity index (χ4n) is 2.15. The molecule has 7 nitrogen and oxygen atoms in total. The normalized spacial score (nSPS) is 10.6. The topological polar surface area (TPSA) is 97.4 Å². The van der Waals surface area contributed by atoms with E-state index in [1.165, 1.54) is 6.26 Å². The molecule has 0 aliphatic heterocycles. The van der Waals surface area contributed by atoms with Gasteiger partial charge in [-0.25, -0.2) is 0 Å². The summed E-state index contributed by atoms with van der Waals surface area (Å²) in [6.45, 7) is 0.631. The van der Waals surface area contributed by atoms with Crippen LogP contribution in [0.1, 0.15) is 16.2 Å². The van der Waals surface area contributed by atoms with E-state index < -0.39 is 0 Å². The Morgan fingerprint density at radius 3 is 2.70 bits per heavy atom. The molecule has 7 heteroatoms. The van der Waals surface area contributed by atoms with Gasteiger partial charge in [0.2, 0.25) is 5.91 Å². The number of hydrogen-bond donors (Lipinski definition) is 2. The fraction of sp³-hybridized carbons (Fsp3) is 0.188. The first kappa shape index (κ1) is 14.8. The molecule has 0 radical (unpaired) electrons. The van der Waals surface area contributed by atoms with E-state index in [1.807, 2.05) is 18.2 Å². The van der Waals surface area contributed by atoms with Gasteiger partial charge in [0, 0.05) is 18.5 Å². The lowest BCUT2D eigenvalue weighted by Crippen LogP contribution is -2.35. The Bertz CT molecular complexity index is 808. The number of fused-ring (bicyclic) bond motifs is 1. The summed E-state index contributed by atoms with van der Waals surface area (Å²) >= 11 is 0. The summed E-state index contributed by atoms with van der Waals surface area (Å²) in [4.78, 5) is 23.5. The maximum Gasteiger partial charge on any atom is 0.287 e. The van der Waals surface area contributed by atoms with Crippen LogP contribution in [-0.2, 0) is 11.2 Å². The number of amides is 2. The number of aromatic nitrogens is 1. The van der Waals surface area contributed by atoms with Crippen LogP contribution in [0.4, 0.5) is 0 Å². The van der Waals surface area contributed by atoms with E-state index in [4.69, 9.17) is 8.94 Å². The number of benzene rings is 1. The second-order valence-corrected chi connectivity index (χ2v) is 4.89. The van der Waals surface area contributed by atoms with Gasteiger partial charge in [0.05, 0.1) is 12.7 Å². The summed E-state index contributed by atoms with van der Waals surface area (Å²) in [5.74, 6) is -0.256. The highest BCUT2D eigenvalue weighted by Crippen LogP contribution is 2.17. The Kier molecular flexibility index (Phi) is 4.37. The SMILES string of the molecule is O=C(Cc1noc2ccccc12)NCCNC(=O)c1ccco1. The lowest BCUT2D eigenvalue weighted by atomic mass is 10.1. The third-order valence-electron chi connectivity index (χ3n) is 3.26. The molecule has 3 aromatic rings. The summed E-state index contributed by atoms with van der Waals surface area (Å²) in [6, 6.07) is 10.6. The van der Waals surface area contributed by atoms with Gasteiger partial charge in [-0.2, -0.15) is 0 Å². The smallest absolute Gasteiger partial charge is 0.287 e. The van der Waals surface area contributed by atoms with E-state index in [9.17, 15) is 9.59 Å². The zero-order valence-corrected chi connectivity index (χ0v) is 12.2. The van der Waals surface area contributed by atoms with Crippen molar-refractivity contribution >= 4 is 22.8 Å². The van der Waals surface area contributed by atoms with Gasteiger partial charge in [0.15, 0.2) is 11.3 Å². The zero-order chi connectivity index (χ0) is 16.1. The van der Waals surface area contributed by atoms with Crippen LogP contribution >= 0.6 is 0 Å². The maximum atomic E-state index is 11.9. The van der Waals surface area contributed by atoms with Gasteiger partial charge in [-0.3, -0.25) is 9.59 Å². The van der Waals surface area contributed by atoms with Gasteiger partial charge < -0.3 is 19.6 Å². The predicted molar refractivity (Wildman–Crippen MR) is 81.8 cm³/mol. The van der Waals surface area contributed by atoms with Crippen molar-refractivity contribution in [3.63, 3.8) is 0 Å². The molecule has 2 amide bonds. The molecular formula is C16H15N3O4. The number of nitrogens with one attached hydrogen (secondary N) is 2. The highest BCUT2D eigenvalue weighted by molar-refractivity contribution is 5.91. The quantitative estimate of drug-likeness (QED) is 0.672. The Morgan fingerprint density at radius 1 is 1.04 bits per heavy atom. The average Bonchev–Trinajstić information content (AvgIpc) is 3.22. The van der Waals surface area contributed by atoms with Gasteiger partial charge in [-0.05, 0) is 24.3 Å². The maximum absolute atomic E-state index is 11.9. The molecule has 2 heterocycles. The molecule has 0 saturated heterocycles. The Hall–Kier alpha value is -3.09. The minimum atomic E-state index is -0.313. The molecule has 23 heavy (non-hydrogen) atoms. The number of rotatable bonds is 6. The van der Waals surface area contributed by atoms with Crippen LogP contribution in [0.3, 0.4) is 0 Å². The standard InChI is InChI=1S/C16H15N3O4/c20-15(10-12-11-4-1-2-5-13(11)23-19-12)17-7-8-18-16(21)14-6-3-9-22-14/h1-6,9H,7-8,10H2,(H,17,20)(H,18,21). The highest BCUT2D eigenvalue weighted by atomic mass is 16.5. The monoisotopic (exact) mass is 313 g/mol. The van der Waals surface area contributed by atoms with Crippen LogP contribution < -0.4 is 10.6 Å². The van der Waals surface area contributed by atoms with E-state index in [1.54, 1.807) is 18.2 Å². The predicted octanol–water partition coefficient (Wildman–Crippen LogP) is 1.51. The summed E-state index contributed by atoms with van der Waals surface area (Å²) in [5, 5.41) is 10.1. The number of para-hydroxylation sites is 1. The number of furan rings is 1. The third-order valence-corrected chi connectivity index (χ3v) is 3.26. The van der Waals surface area contributed by atoms with E-state index in [-0.39, 0.29) is 24.0 Å². The van der Waals surface area contributed by atoms with Crippen molar-refractivity contribution in [2.24, 2.45) is 0 Å². The molecule has 0 atom stereocenters. The van der Waals surface area contributed by atoms with Crippen LogP contribution in [0.15, 0.2) is 51.6 Å². The number of carbonyl (C=O) groups is 2. The van der Waals surface area contributed by atoms with Gasteiger partial charge in [-0.1, -0.05) is 17.3 Å². The lowest BCUT2D eigenvalue weighted by Gasteiger charge is -2.05. The first-order valence-corrected chi connectivity index (χ1v) is 7.16. The van der Waals surface area contributed by atoms with E-state index >= 15 is 0 Å². The van der Waals surface area contributed by atoms with Crippen molar-refractivity contribution in [2.45, 2.75) is 6.42 Å². The highest BCUT2D eigenvalue weighted by Gasteiger charge is 2.12. The van der Waals surface area contributed by atoms with Crippen molar-refractivity contribution < 1.29 is 18.5 Å². The van der Waals surface area contributed by atoms with Crippen molar-refractivity contribution in [1.29, 1.82) is 0 Å². The van der Waals surface area contributed by atoms with Gasteiger partial charge in [0.1, 0.15) is 5.69 Å². The second-order valence-electron chi connectivity index (χ2n) is 4.89. The molecule has 2 aromatic heterocycles. The molecule has 0 fully saturated rings. The van der Waals surface area contributed by atoms with Crippen LogP contribution in [-0.4, -0.2) is 30.1 Å². The number of carbonyl (C=O) groups excluding carboxylic acids is 2. The molecule has 0 aliphatic carbocycles. The molecule has 118 valence electrons. The minimum absolute atomic E-state index is 0.128. The average molecular weight is 313 g/mol. The summed E-state index contributed by atoms with van der Waals surface area (Å²) in [5.41, 5.74) is 1.25. The first-order chi connectivity index (χ1) is 11.2. The summed E-state index contributed by atoms with van der Waals surface area (Å²) < 4.78 is 10.1.